The number of halogens is 1. The van der Waals surface area contributed by atoms with E-state index in [0.29, 0.717) is 34.5 Å². The number of H-pyrrole nitrogens is 1. The summed E-state index contributed by atoms with van der Waals surface area (Å²) in [6.07, 6.45) is 1.97. The largest absolute Gasteiger partial charge is 0.493 e. The fraction of sp³-hybridized carbons (Fsp3) is 0.450. The molecule has 2 heterocycles. The SMILES string of the molecule is COc1cc2cc(C(=O)C3C=C(N(C)C)N(CCl)C3C)[nH]c2c(OC)c1OC. The van der Waals surface area contributed by atoms with Crippen molar-refractivity contribution in [3.63, 3.8) is 0 Å². The number of ketones is 1. The fourth-order valence-corrected chi connectivity index (χ4v) is 4.07. The van der Waals surface area contributed by atoms with E-state index in [0.717, 1.165) is 11.2 Å². The summed E-state index contributed by atoms with van der Waals surface area (Å²) in [5.41, 5.74) is 1.20. The number of nitrogens with one attached hydrogen (secondary N) is 1. The van der Waals surface area contributed by atoms with E-state index in [-0.39, 0.29) is 17.7 Å². The molecule has 0 radical (unpaired) electrons. The molecule has 1 aromatic carbocycles. The van der Waals surface area contributed by atoms with Gasteiger partial charge in [-0.1, -0.05) is 0 Å². The van der Waals surface area contributed by atoms with E-state index in [1.165, 1.54) is 0 Å². The minimum Gasteiger partial charge on any atom is -0.493 e. The molecule has 8 heteroatoms. The van der Waals surface area contributed by atoms with Gasteiger partial charge in [0.15, 0.2) is 17.3 Å². The van der Waals surface area contributed by atoms with E-state index in [1.54, 1.807) is 21.3 Å². The number of fused-ring (bicyclic) bond motifs is 1. The third kappa shape index (κ3) is 3.13. The van der Waals surface area contributed by atoms with Crippen molar-refractivity contribution >= 4 is 28.3 Å². The summed E-state index contributed by atoms with van der Waals surface area (Å²) < 4.78 is 16.4. The molecule has 2 unspecified atom stereocenters. The molecule has 1 aliphatic heterocycles. The topological polar surface area (TPSA) is 67.0 Å². The number of Topliss-reactive ketones (excluding diaryl/α,β-unsaturated/α-hetero) is 1. The van der Waals surface area contributed by atoms with Gasteiger partial charge in [-0.15, -0.1) is 11.6 Å². The standard InChI is InChI=1S/C20H26ClN3O4/c1-11-13(9-16(23(2)3)24(11)10-21)18(25)14-7-12-8-15(26-4)19(27-5)20(28-6)17(12)22-14/h7-9,11,13,22H,10H2,1-6H3. The summed E-state index contributed by atoms with van der Waals surface area (Å²) in [4.78, 5) is 20.5. The van der Waals surface area contributed by atoms with E-state index >= 15 is 0 Å². The summed E-state index contributed by atoms with van der Waals surface area (Å²) in [5, 5.41) is 0.814. The summed E-state index contributed by atoms with van der Waals surface area (Å²) >= 11 is 6.12. The summed E-state index contributed by atoms with van der Waals surface area (Å²) in [5.74, 6) is 2.16. The van der Waals surface area contributed by atoms with Crippen LogP contribution in [0.4, 0.5) is 0 Å². The zero-order valence-electron chi connectivity index (χ0n) is 17.0. The van der Waals surface area contributed by atoms with Crippen molar-refractivity contribution in [2.75, 3.05) is 41.4 Å². The van der Waals surface area contributed by atoms with Crippen LogP contribution in [0.1, 0.15) is 17.4 Å². The molecule has 0 saturated carbocycles. The van der Waals surface area contributed by atoms with Gasteiger partial charge in [-0.25, -0.2) is 0 Å². The van der Waals surface area contributed by atoms with Crippen LogP contribution in [0.15, 0.2) is 24.0 Å². The molecule has 0 saturated heterocycles. The summed E-state index contributed by atoms with van der Waals surface area (Å²) in [7, 11) is 8.56. The lowest BCUT2D eigenvalue weighted by Crippen LogP contribution is -2.36. The molecule has 3 rings (SSSR count). The van der Waals surface area contributed by atoms with Gasteiger partial charge < -0.3 is 29.0 Å². The Bertz CT molecular complexity index is 922. The molecule has 28 heavy (non-hydrogen) atoms. The van der Waals surface area contributed by atoms with Crippen molar-refractivity contribution in [3.8, 4) is 17.2 Å². The molecule has 152 valence electrons. The Balaban J connectivity index is 2.06. The molecule has 1 aromatic heterocycles. The number of rotatable bonds is 7. The van der Waals surface area contributed by atoms with Crippen molar-refractivity contribution in [1.29, 1.82) is 0 Å². The lowest BCUT2D eigenvalue weighted by Gasteiger charge is -2.30. The second kappa shape index (κ2) is 7.83. The molecular weight excluding hydrogens is 382 g/mol. The minimum atomic E-state index is -0.306. The van der Waals surface area contributed by atoms with Crippen molar-refractivity contribution in [1.82, 2.24) is 14.8 Å². The number of hydrogen-bond acceptors (Lipinski definition) is 6. The van der Waals surface area contributed by atoms with Gasteiger partial charge in [0.1, 0.15) is 5.82 Å². The number of nitrogens with zero attached hydrogens (tertiary/aromatic N) is 2. The molecule has 2 atom stereocenters. The Morgan fingerprint density at radius 2 is 1.86 bits per heavy atom. The molecule has 0 spiro atoms. The van der Waals surface area contributed by atoms with Crippen LogP contribution in [0.2, 0.25) is 0 Å². The van der Waals surface area contributed by atoms with Crippen LogP contribution in [0.5, 0.6) is 17.2 Å². The number of aromatic nitrogens is 1. The Hall–Kier alpha value is -2.54. The van der Waals surface area contributed by atoms with Gasteiger partial charge in [0.05, 0.1) is 44.5 Å². The smallest absolute Gasteiger partial charge is 0.205 e. The van der Waals surface area contributed by atoms with Gasteiger partial charge in [0.2, 0.25) is 5.75 Å². The van der Waals surface area contributed by atoms with E-state index in [4.69, 9.17) is 25.8 Å². The number of benzene rings is 1. The van der Waals surface area contributed by atoms with E-state index in [2.05, 4.69) is 4.98 Å². The van der Waals surface area contributed by atoms with Gasteiger partial charge in [0, 0.05) is 25.5 Å². The van der Waals surface area contributed by atoms with E-state index < -0.39 is 0 Å². The Morgan fingerprint density at radius 1 is 1.18 bits per heavy atom. The predicted octanol–water partition coefficient (Wildman–Crippen LogP) is 3.30. The zero-order chi connectivity index (χ0) is 20.6. The molecule has 0 amide bonds. The van der Waals surface area contributed by atoms with Crippen LogP contribution in [0.25, 0.3) is 10.9 Å². The fourth-order valence-electron chi connectivity index (χ4n) is 3.73. The zero-order valence-corrected chi connectivity index (χ0v) is 17.8. The third-order valence-electron chi connectivity index (χ3n) is 5.21. The maximum atomic E-state index is 13.3. The number of carbonyl (C=O) groups excluding carboxylic acids is 1. The number of aromatic amines is 1. The first-order chi connectivity index (χ1) is 13.4. The van der Waals surface area contributed by atoms with Gasteiger partial charge in [-0.05, 0) is 25.1 Å². The third-order valence-corrected chi connectivity index (χ3v) is 5.47. The van der Waals surface area contributed by atoms with E-state index in [1.807, 2.05) is 49.0 Å². The normalized spacial score (nSPS) is 19.0. The second-order valence-corrected chi connectivity index (χ2v) is 7.17. The number of hydrogen-bond donors (Lipinski definition) is 1. The number of alkyl halides is 1. The van der Waals surface area contributed by atoms with E-state index in [9.17, 15) is 4.79 Å². The summed E-state index contributed by atoms with van der Waals surface area (Å²) in [6.45, 7) is 2.01. The monoisotopic (exact) mass is 407 g/mol. The molecule has 2 aromatic rings. The molecule has 1 N–H and O–H groups in total. The maximum Gasteiger partial charge on any atom is 0.205 e. The lowest BCUT2D eigenvalue weighted by atomic mass is 9.96. The molecule has 0 aliphatic carbocycles. The number of carbonyl (C=O) groups is 1. The first-order valence-electron chi connectivity index (χ1n) is 8.95. The van der Waals surface area contributed by atoms with Crippen LogP contribution in [-0.4, -0.2) is 68.0 Å². The highest BCUT2D eigenvalue weighted by atomic mass is 35.5. The van der Waals surface area contributed by atoms with Crippen LogP contribution < -0.4 is 14.2 Å². The van der Waals surface area contributed by atoms with Gasteiger partial charge in [-0.2, -0.15) is 0 Å². The highest BCUT2D eigenvalue weighted by Gasteiger charge is 2.37. The number of methoxy groups -OCH3 is 3. The average Bonchev–Trinajstić information content (AvgIpc) is 3.26. The molecule has 7 nitrogen and oxygen atoms in total. The average molecular weight is 408 g/mol. The first kappa shape index (κ1) is 20.2. The maximum absolute atomic E-state index is 13.3. The minimum absolute atomic E-state index is 0.00402. The van der Waals surface area contributed by atoms with Gasteiger partial charge >= 0.3 is 0 Å². The Kier molecular flexibility index (Phi) is 5.65. The quantitative estimate of drug-likeness (QED) is 0.431. The van der Waals surface area contributed by atoms with Gasteiger partial charge in [0.25, 0.3) is 0 Å². The number of ether oxygens (including phenoxy) is 3. The van der Waals surface area contributed by atoms with Crippen LogP contribution in [-0.2, 0) is 0 Å². The van der Waals surface area contributed by atoms with Crippen LogP contribution in [0.3, 0.4) is 0 Å². The van der Waals surface area contributed by atoms with Crippen molar-refractivity contribution in [2.45, 2.75) is 13.0 Å². The van der Waals surface area contributed by atoms with Gasteiger partial charge in [-0.3, -0.25) is 4.79 Å². The second-order valence-electron chi connectivity index (χ2n) is 6.93. The highest BCUT2D eigenvalue weighted by molar-refractivity contribution is 6.17. The van der Waals surface area contributed by atoms with Crippen molar-refractivity contribution in [2.24, 2.45) is 5.92 Å². The molecule has 0 bridgehead atoms. The first-order valence-corrected chi connectivity index (χ1v) is 9.49. The van der Waals surface area contributed by atoms with Crippen molar-refractivity contribution in [3.05, 3.63) is 29.7 Å². The summed E-state index contributed by atoms with van der Waals surface area (Å²) in [6, 6.07) is 3.93. The van der Waals surface area contributed by atoms with Crippen molar-refractivity contribution < 1.29 is 19.0 Å². The highest BCUT2D eigenvalue weighted by Crippen LogP contribution is 2.43. The molecule has 1 aliphatic rings. The van der Waals surface area contributed by atoms with Crippen LogP contribution >= 0.6 is 11.6 Å². The lowest BCUT2D eigenvalue weighted by molar-refractivity contribution is 0.0902. The van der Waals surface area contributed by atoms with Crippen LogP contribution in [0, 0.1) is 5.92 Å². The Labute approximate surface area is 169 Å². The Morgan fingerprint density at radius 3 is 2.36 bits per heavy atom. The molecule has 0 fully saturated rings. The molecular formula is C20H26ClN3O4. The predicted molar refractivity (Wildman–Crippen MR) is 110 cm³/mol.